The predicted molar refractivity (Wildman–Crippen MR) is 105 cm³/mol. The average molecular weight is 357 g/mol. The third-order valence-electron chi connectivity index (χ3n) is 4.47. The second kappa shape index (κ2) is 13.3. The molecule has 0 aliphatic heterocycles. The summed E-state index contributed by atoms with van der Waals surface area (Å²) in [5.41, 5.74) is 0. The first-order chi connectivity index (χ1) is 11.7. The maximum absolute atomic E-state index is 12.4. The van der Waals surface area contributed by atoms with Gasteiger partial charge in [-0.05, 0) is 34.5 Å². The lowest BCUT2D eigenvalue weighted by Gasteiger charge is -2.22. The highest BCUT2D eigenvalue weighted by atomic mass is 16.2. The molecule has 148 valence electrons. The topological polar surface area (TPSA) is 64.7 Å². The summed E-state index contributed by atoms with van der Waals surface area (Å²) >= 11 is 0. The molecule has 2 unspecified atom stereocenters. The molecule has 6 heteroatoms. The summed E-state index contributed by atoms with van der Waals surface area (Å²) in [5.74, 6) is -0.172. The van der Waals surface area contributed by atoms with Crippen molar-refractivity contribution >= 4 is 11.7 Å². The second-order valence-corrected chi connectivity index (χ2v) is 7.63. The zero-order chi connectivity index (χ0) is 19.4. The second-order valence-electron chi connectivity index (χ2n) is 7.63. The third kappa shape index (κ3) is 12.1. The molecule has 0 radical (unpaired) electrons. The molecule has 1 amide bonds. The van der Waals surface area contributed by atoms with Gasteiger partial charge in [-0.3, -0.25) is 9.59 Å². The van der Waals surface area contributed by atoms with Gasteiger partial charge in [0, 0.05) is 57.0 Å². The van der Waals surface area contributed by atoms with Gasteiger partial charge in [0.2, 0.25) is 5.91 Å². The Balaban J connectivity index is 4.30. The Morgan fingerprint density at radius 3 is 2.16 bits per heavy atom. The van der Waals surface area contributed by atoms with Crippen LogP contribution in [-0.2, 0) is 9.59 Å². The number of ketones is 1. The molecule has 0 heterocycles. The molecule has 0 fully saturated rings. The molecule has 0 aliphatic carbocycles. The summed E-state index contributed by atoms with van der Waals surface area (Å²) in [6, 6.07) is 0.357. The maximum Gasteiger partial charge on any atom is 0.220 e. The van der Waals surface area contributed by atoms with Crippen LogP contribution in [0.1, 0.15) is 40.5 Å². The molecule has 6 nitrogen and oxygen atoms in total. The fourth-order valence-corrected chi connectivity index (χ4v) is 2.40. The average Bonchev–Trinajstić information content (AvgIpc) is 2.55. The van der Waals surface area contributed by atoms with Crippen molar-refractivity contribution in [1.82, 2.24) is 20.4 Å². The minimum absolute atomic E-state index is 0.0361. The van der Waals surface area contributed by atoms with Crippen molar-refractivity contribution in [2.75, 3.05) is 53.9 Å². The van der Waals surface area contributed by atoms with E-state index >= 15 is 0 Å². The molecule has 2 N–H and O–H groups in total. The number of nitrogens with zero attached hydrogens (tertiary/aromatic N) is 2. The Hall–Kier alpha value is -0.980. The van der Waals surface area contributed by atoms with Gasteiger partial charge in [0.1, 0.15) is 5.78 Å². The number of rotatable bonds is 14. The van der Waals surface area contributed by atoms with E-state index in [1.54, 1.807) is 0 Å². The third-order valence-corrected chi connectivity index (χ3v) is 4.47. The number of carbonyl (C=O) groups excluding carboxylic acids is 2. The molecule has 0 spiro atoms. The molecule has 0 saturated carbocycles. The maximum atomic E-state index is 12.4. The number of amides is 1. The van der Waals surface area contributed by atoms with Crippen LogP contribution in [0.25, 0.3) is 0 Å². The highest BCUT2D eigenvalue weighted by Gasteiger charge is 2.24. The number of hydrogen-bond acceptors (Lipinski definition) is 5. The lowest BCUT2D eigenvalue weighted by atomic mass is 9.91. The van der Waals surface area contributed by atoms with Crippen LogP contribution in [-0.4, -0.2) is 81.4 Å². The van der Waals surface area contributed by atoms with Crippen molar-refractivity contribution in [2.24, 2.45) is 11.8 Å². The predicted octanol–water partition coefficient (Wildman–Crippen LogP) is 1.22. The van der Waals surface area contributed by atoms with Crippen molar-refractivity contribution in [3.05, 3.63) is 0 Å². The van der Waals surface area contributed by atoms with Gasteiger partial charge in [-0.15, -0.1) is 0 Å². The lowest BCUT2D eigenvalue weighted by molar-refractivity contribution is -0.130. The van der Waals surface area contributed by atoms with Gasteiger partial charge in [0.05, 0.1) is 0 Å². The van der Waals surface area contributed by atoms with E-state index in [4.69, 9.17) is 0 Å². The van der Waals surface area contributed by atoms with Gasteiger partial charge in [0.25, 0.3) is 0 Å². The Bertz CT molecular complexity index is 386. The van der Waals surface area contributed by atoms with Crippen LogP contribution in [0.5, 0.6) is 0 Å². The molecule has 25 heavy (non-hydrogen) atoms. The minimum atomic E-state index is -0.250. The van der Waals surface area contributed by atoms with E-state index in [-0.39, 0.29) is 29.9 Å². The van der Waals surface area contributed by atoms with Crippen LogP contribution in [0.4, 0.5) is 0 Å². The van der Waals surface area contributed by atoms with E-state index in [9.17, 15) is 9.59 Å². The molecular formula is C19H40N4O2. The molecule has 2 atom stereocenters. The largest absolute Gasteiger partial charge is 0.355 e. The van der Waals surface area contributed by atoms with E-state index < -0.39 is 0 Å². The SMILES string of the molecule is CCC(C)NCC(CC(=O)NCCN(C)CCN(C)C)C(=O)C(C)C. The van der Waals surface area contributed by atoms with E-state index in [1.165, 1.54) is 0 Å². The van der Waals surface area contributed by atoms with Crippen LogP contribution in [0, 0.1) is 11.8 Å². The molecule has 0 aromatic heterocycles. The van der Waals surface area contributed by atoms with E-state index in [2.05, 4.69) is 55.4 Å². The summed E-state index contributed by atoms with van der Waals surface area (Å²) < 4.78 is 0. The molecular weight excluding hydrogens is 316 g/mol. The summed E-state index contributed by atoms with van der Waals surface area (Å²) in [4.78, 5) is 28.9. The van der Waals surface area contributed by atoms with Crippen molar-refractivity contribution in [1.29, 1.82) is 0 Å². The summed E-state index contributed by atoms with van der Waals surface area (Å²) in [7, 11) is 6.15. The molecule has 0 aromatic carbocycles. The first kappa shape index (κ1) is 24.0. The molecule has 0 saturated heterocycles. The fraction of sp³-hybridized carbons (Fsp3) is 0.895. The Labute approximate surface area is 154 Å². The molecule has 0 aliphatic rings. The van der Waals surface area contributed by atoms with Crippen LogP contribution in [0.2, 0.25) is 0 Å². The number of nitrogens with one attached hydrogen (secondary N) is 2. The smallest absolute Gasteiger partial charge is 0.220 e. The Morgan fingerprint density at radius 2 is 1.64 bits per heavy atom. The fourth-order valence-electron chi connectivity index (χ4n) is 2.40. The van der Waals surface area contributed by atoms with Crippen LogP contribution in [0.15, 0.2) is 0 Å². The first-order valence-electron chi connectivity index (χ1n) is 9.54. The normalized spacial score (nSPS) is 14.2. The highest BCUT2D eigenvalue weighted by molar-refractivity contribution is 5.88. The Kier molecular flexibility index (Phi) is 12.7. The number of hydrogen-bond donors (Lipinski definition) is 2. The number of Topliss-reactive ketones (excluding diaryl/α,β-unsaturated/α-hetero) is 1. The number of carbonyl (C=O) groups is 2. The van der Waals surface area contributed by atoms with Crippen molar-refractivity contribution in [3.8, 4) is 0 Å². The summed E-state index contributed by atoms with van der Waals surface area (Å²) in [5, 5.41) is 6.31. The van der Waals surface area contributed by atoms with E-state index in [1.807, 2.05) is 13.8 Å². The van der Waals surface area contributed by atoms with E-state index in [0.29, 0.717) is 19.1 Å². The van der Waals surface area contributed by atoms with E-state index in [0.717, 1.165) is 26.1 Å². The van der Waals surface area contributed by atoms with Gasteiger partial charge in [-0.25, -0.2) is 0 Å². The van der Waals surface area contributed by atoms with Crippen LogP contribution in [0.3, 0.4) is 0 Å². The quantitative estimate of drug-likeness (QED) is 0.490. The molecule has 0 aromatic rings. The van der Waals surface area contributed by atoms with Gasteiger partial charge >= 0.3 is 0 Å². The van der Waals surface area contributed by atoms with Gasteiger partial charge in [-0.1, -0.05) is 20.8 Å². The van der Waals surface area contributed by atoms with Gasteiger partial charge < -0.3 is 20.4 Å². The monoisotopic (exact) mass is 356 g/mol. The van der Waals surface area contributed by atoms with Crippen molar-refractivity contribution in [3.63, 3.8) is 0 Å². The van der Waals surface area contributed by atoms with Crippen LogP contribution >= 0.6 is 0 Å². The minimum Gasteiger partial charge on any atom is -0.355 e. The van der Waals surface area contributed by atoms with Gasteiger partial charge in [-0.2, -0.15) is 0 Å². The molecule has 0 rings (SSSR count). The standard InChI is InChI=1S/C19H40N4O2/c1-8-16(4)21-14-17(19(25)15(2)3)13-18(24)20-9-10-23(7)12-11-22(5)6/h15-17,21H,8-14H2,1-7H3,(H,20,24). The van der Waals surface area contributed by atoms with Gasteiger partial charge in [0.15, 0.2) is 0 Å². The zero-order valence-corrected chi connectivity index (χ0v) is 17.4. The summed E-state index contributed by atoms with van der Waals surface area (Å²) in [6.45, 7) is 12.0. The highest BCUT2D eigenvalue weighted by Crippen LogP contribution is 2.11. The lowest BCUT2D eigenvalue weighted by Crippen LogP contribution is -2.40. The van der Waals surface area contributed by atoms with Crippen molar-refractivity contribution < 1.29 is 9.59 Å². The number of likely N-dealkylation sites (N-methyl/N-ethyl adjacent to an activating group) is 2. The Morgan fingerprint density at radius 1 is 1.00 bits per heavy atom. The summed E-state index contributed by atoms with van der Waals surface area (Å²) in [6.07, 6.45) is 1.27. The first-order valence-corrected chi connectivity index (χ1v) is 9.54. The van der Waals surface area contributed by atoms with Crippen LogP contribution < -0.4 is 10.6 Å². The van der Waals surface area contributed by atoms with Crippen molar-refractivity contribution in [2.45, 2.75) is 46.6 Å². The molecule has 0 bridgehead atoms. The zero-order valence-electron chi connectivity index (χ0n) is 17.4.